The van der Waals surface area contributed by atoms with Crippen LogP contribution in [-0.2, 0) is 11.3 Å². The Hall–Kier alpha value is -1.92. The van der Waals surface area contributed by atoms with Crippen LogP contribution in [0, 0.1) is 0 Å². The van der Waals surface area contributed by atoms with Gasteiger partial charge in [-0.25, -0.2) is 4.98 Å². The van der Waals surface area contributed by atoms with Crippen molar-refractivity contribution in [3.8, 4) is 10.6 Å². The van der Waals surface area contributed by atoms with E-state index < -0.39 is 0 Å². The molecule has 23 heavy (non-hydrogen) atoms. The summed E-state index contributed by atoms with van der Waals surface area (Å²) in [5.41, 5.74) is 2.17. The summed E-state index contributed by atoms with van der Waals surface area (Å²) >= 11 is 1.66. The molecule has 0 amide bonds. The minimum Gasteiger partial charge on any atom is -0.382 e. The summed E-state index contributed by atoms with van der Waals surface area (Å²) in [5, 5.41) is 9.68. The zero-order chi connectivity index (χ0) is 16.3. The zero-order valence-corrected chi connectivity index (χ0v) is 14.5. The lowest BCUT2D eigenvalue weighted by atomic mass is 10.2. The summed E-state index contributed by atoms with van der Waals surface area (Å²) in [6.07, 6.45) is 0.962. The Morgan fingerprint density at radius 3 is 2.83 bits per heavy atom. The molecular weight excluding hydrogens is 308 g/mol. The first-order chi connectivity index (χ1) is 11.3. The number of aliphatic imine (C=N–C) groups is 1. The molecule has 0 unspecified atom stereocenters. The van der Waals surface area contributed by atoms with E-state index in [0.29, 0.717) is 6.54 Å². The van der Waals surface area contributed by atoms with E-state index in [4.69, 9.17) is 4.74 Å². The quantitative estimate of drug-likeness (QED) is 0.443. The van der Waals surface area contributed by atoms with E-state index in [1.807, 2.05) is 25.1 Å². The molecule has 0 radical (unpaired) electrons. The molecule has 0 spiro atoms. The fourth-order valence-corrected chi connectivity index (χ4v) is 2.85. The van der Waals surface area contributed by atoms with Crippen molar-refractivity contribution in [2.24, 2.45) is 4.99 Å². The van der Waals surface area contributed by atoms with E-state index in [-0.39, 0.29) is 0 Å². The van der Waals surface area contributed by atoms with Gasteiger partial charge in [0.15, 0.2) is 5.96 Å². The standard InChI is InChI=1S/C17H24N4OS/c1-3-22-11-7-10-19-17(18-2)20-12-15-13-23-16(21-15)14-8-5-4-6-9-14/h4-6,8-9,13H,3,7,10-12H2,1-2H3,(H2,18,19,20). The van der Waals surface area contributed by atoms with Gasteiger partial charge in [-0.1, -0.05) is 30.3 Å². The highest BCUT2D eigenvalue weighted by Crippen LogP contribution is 2.22. The smallest absolute Gasteiger partial charge is 0.191 e. The van der Waals surface area contributed by atoms with Crippen molar-refractivity contribution >= 4 is 17.3 Å². The zero-order valence-electron chi connectivity index (χ0n) is 13.7. The summed E-state index contributed by atoms with van der Waals surface area (Å²) in [5.74, 6) is 0.788. The summed E-state index contributed by atoms with van der Waals surface area (Å²) < 4.78 is 5.31. The van der Waals surface area contributed by atoms with E-state index in [0.717, 1.165) is 48.4 Å². The van der Waals surface area contributed by atoms with Crippen molar-refractivity contribution in [3.05, 3.63) is 41.4 Å². The molecule has 0 aliphatic carbocycles. The Bertz CT molecular complexity index is 598. The highest BCUT2D eigenvalue weighted by molar-refractivity contribution is 7.13. The molecule has 1 aromatic heterocycles. The average molecular weight is 332 g/mol. The van der Waals surface area contributed by atoms with Gasteiger partial charge in [-0.05, 0) is 13.3 Å². The van der Waals surface area contributed by atoms with Gasteiger partial charge in [0.2, 0.25) is 0 Å². The maximum Gasteiger partial charge on any atom is 0.191 e. The van der Waals surface area contributed by atoms with Gasteiger partial charge < -0.3 is 15.4 Å². The molecule has 0 bridgehead atoms. The Balaban J connectivity index is 1.77. The lowest BCUT2D eigenvalue weighted by Gasteiger charge is -2.10. The second-order valence-corrected chi connectivity index (χ2v) is 5.77. The highest BCUT2D eigenvalue weighted by atomic mass is 32.1. The summed E-state index contributed by atoms with van der Waals surface area (Å²) in [7, 11) is 1.77. The SMILES string of the molecule is CCOCCCNC(=NC)NCc1csc(-c2ccccc2)n1. The van der Waals surface area contributed by atoms with Gasteiger partial charge in [-0.15, -0.1) is 11.3 Å². The molecule has 2 aromatic rings. The largest absolute Gasteiger partial charge is 0.382 e. The number of ether oxygens (including phenoxy) is 1. The number of aromatic nitrogens is 1. The first-order valence-corrected chi connectivity index (χ1v) is 8.73. The topological polar surface area (TPSA) is 58.5 Å². The van der Waals surface area contributed by atoms with Gasteiger partial charge >= 0.3 is 0 Å². The third-order valence-corrected chi connectivity index (χ3v) is 4.14. The van der Waals surface area contributed by atoms with Gasteiger partial charge in [-0.2, -0.15) is 0 Å². The van der Waals surface area contributed by atoms with Crippen LogP contribution in [0.1, 0.15) is 19.0 Å². The molecule has 0 fully saturated rings. The van der Waals surface area contributed by atoms with Crippen molar-refractivity contribution in [2.75, 3.05) is 26.8 Å². The Labute approximate surface area is 141 Å². The Morgan fingerprint density at radius 1 is 1.26 bits per heavy atom. The third-order valence-electron chi connectivity index (χ3n) is 3.20. The molecule has 6 heteroatoms. The monoisotopic (exact) mass is 332 g/mol. The molecule has 124 valence electrons. The lowest BCUT2D eigenvalue weighted by molar-refractivity contribution is 0.145. The van der Waals surface area contributed by atoms with Crippen molar-refractivity contribution in [2.45, 2.75) is 19.9 Å². The van der Waals surface area contributed by atoms with E-state index in [2.05, 4.69) is 38.1 Å². The van der Waals surface area contributed by atoms with E-state index in [1.165, 1.54) is 0 Å². The Kier molecular flexibility index (Phi) is 7.56. The van der Waals surface area contributed by atoms with Gasteiger partial charge in [0.1, 0.15) is 5.01 Å². The van der Waals surface area contributed by atoms with E-state index in [9.17, 15) is 0 Å². The summed E-state index contributed by atoms with van der Waals surface area (Å²) in [4.78, 5) is 8.88. The number of nitrogens with one attached hydrogen (secondary N) is 2. The number of hydrogen-bond acceptors (Lipinski definition) is 4. The number of benzene rings is 1. The number of nitrogens with zero attached hydrogens (tertiary/aromatic N) is 2. The van der Waals surface area contributed by atoms with Crippen molar-refractivity contribution in [3.63, 3.8) is 0 Å². The van der Waals surface area contributed by atoms with Gasteiger partial charge in [0, 0.05) is 37.7 Å². The van der Waals surface area contributed by atoms with Crippen LogP contribution in [0.4, 0.5) is 0 Å². The maximum atomic E-state index is 5.31. The van der Waals surface area contributed by atoms with Gasteiger partial charge in [0.05, 0.1) is 12.2 Å². The number of hydrogen-bond donors (Lipinski definition) is 2. The normalized spacial score (nSPS) is 11.5. The van der Waals surface area contributed by atoms with Gasteiger partial charge in [0.25, 0.3) is 0 Å². The second-order valence-electron chi connectivity index (χ2n) is 4.91. The van der Waals surface area contributed by atoms with Crippen molar-refractivity contribution < 1.29 is 4.74 Å². The molecule has 0 saturated heterocycles. The molecule has 0 aliphatic rings. The Morgan fingerprint density at radius 2 is 2.09 bits per heavy atom. The summed E-state index contributed by atoms with van der Waals surface area (Å²) in [6.45, 7) is 5.04. The van der Waals surface area contributed by atoms with Crippen LogP contribution in [0.3, 0.4) is 0 Å². The molecule has 1 heterocycles. The predicted molar refractivity (Wildman–Crippen MR) is 96.9 cm³/mol. The van der Waals surface area contributed by atoms with Gasteiger partial charge in [-0.3, -0.25) is 4.99 Å². The molecule has 0 saturated carbocycles. The molecule has 0 aliphatic heterocycles. The first kappa shape index (κ1) is 17.4. The van der Waals surface area contributed by atoms with Crippen LogP contribution in [-0.4, -0.2) is 37.7 Å². The summed E-state index contributed by atoms with van der Waals surface area (Å²) in [6, 6.07) is 10.2. The molecule has 2 N–H and O–H groups in total. The molecule has 0 atom stereocenters. The first-order valence-electron chi connectivity index (χ1n) is 7.85. The van der Waals surface area contributed by atoms with Crippen LogP contribution < -0.4 is 10.6 Å². The van der Waals surface area contributed by atoms with E-state index in [1.54, 1.807) is 18.4 Å². The van der Waals surface area contributed by atoms with Crippen LogP contribution in [0.2, 0.25) is 0 Å². The number of rotatable bonds is 8. The van der Waals surface area contributed by atoms with Crippen molar-refractivity contribution in [1.82, 2.24) is 15.6 Å². The van der Waals surface area contributed by atoms with Crippen LogP contribution in [0.5, 0.6) is 0 Å². The average Bonchev–Trinajstić information content (AvgIpc) is 3.07. The van der Waals surface area contributed by atoms with Crippen molar-refractivity contribution in [1.29, 1.82) is 0 Å². The molecular formula is C17H24N4OS. The third kappa shape index (κ3) is 6.00. The second kappa shape index (κ2) is 9.97. The van der Waals surface area contributed by atoms with E-state index >= 15 is 0 Å². The van der Waals surface area contributed by atoms with Crippen LogP contribution >= 0.6 is 11.3 Å². The van der Waals surface area contributed by atoms with Crippen LogP contribution in [0.15, 0.2) is 40.7 Å². The molecule has 2 rings (SSSR count). The minimum atomic E-state index is 0.661. The van der Waals surface area contributed by atoms with Crippen LogP contribution in [0.25, 0.3) is 10.6 Å². The maximum absolute atomic E-state index is 5.31. The predicted octanol–water partition coefficient (Wildman–Crippen LogP) is 2.90. The molecule has 5 nitrogen and oxygen atoms in total. The number of thiazole rings is 1. The number of guanidine groups is 1. The fraction of sp³-hybridized carbons (Fsp3) is 0.412. The lowest BCUT2D eigenvalue weighted by Crippen LogP contribution is -2.37. The fourth-order valence-electron chi connectivity index (χ4n) is 2.02. The minimum absolute atomic E-state index is 0.661. The molecule has 1 aromatic carbocycles. The highest BCUT2D eigenvalue weighted by Gasteiger charge is 2.05.